The van der Waals surface area contributed by atoms with Crippen LogP contribution >= 0.6 is 0 Å². The summed E-state index contributed by atoms with van der Waals surface area (Å²) in [6.07, 6.45) is 2.98. The van der Waals surface area contributed by atoms with E-state index in [0.29, 0.717) is 0 Å². The number of anilines is 3. The fraction of sp³-hybridized carbons (Fsp3) is 0.308. The van der Waals surface area contributed by atoms with Gasteiger partial charge >= 0.3 is 0 Å². The van der Waals surface area contributed by atoms with Gasteiger partial charge in [0.2, 0.25) is 0 Å². The minimum Gasteiger partial charge on any atom is -0.769 e. The van der Waals surface area contributed by atoms with E-state index in [1.54, 1.807) is 0 Å². The number of rotatable bonds is 4. The largest absolute Gasteiger partial charge is 0.769 e. The number of allylic oxidation sites excluding steroid dienone is 2. The Labute approximate surface area is 121 Å². The smallest absolute Gasteiger partial charge is 0.121 e. The van der Waals surface area contributed by atoms with Gasteiger partial charge in [0.25, 0.3) is 0 Å². The number of hydrogen-bond acceptors (Lipinski definition) is 8. The van der Waals surface area contributed by atoms with Crippen molar-refractivity contribution in [1.29, 1.82) is 0 Å². The topological polar surface area (TPSA) is 117 Å². The molecule has 114 valence electrons. The second-order valence-corrected chi connectivity index (χ2v) is 4.88. The van der Waals surface area contributed by atoms with E-state index in [1.807, 2.05) is 13.8 Å². The molecule has 1 atom stereocenters. The van der Waals surface area contributed by atoms with Gasteiger partial charge in [-0.15, -0.1) is 5.23 Å². The van der Waals surface area contributed by atoms with Crippen LogP contribution in [-0.2, 0) is 0 Å². The first-order valence-corrected chi connectivity index (χ1v) is 6.37. The highest BCUT2D eigenvalue weighted by Crippen LogP contribution is 2.30. The van der Waals surface area contributed by atoms with Crippen LogP contribution < -0.4 is 15.9 Å². The van der Waals surface area contributed by atoms with Crippen molar-refractivity contribution in [1.82, 2.24) is 0 Å². The quantitative estimate of drug-likeness (QED) is 0.730. The SMILES string of the molecule is CC1=CCC(C)C1=NNc1ccc(N([O-])[O-])cc1N(O)O. The summed E-state index contributed by atoms with van der Waals surface area (Å²) in [5.74, 6) is 0.276. The van der Waals surface area contributed by atoms with Crippen LogP contribution in [-0.4, -0.2) is 16.1 Å². The minimum absolute atomic E-state index is 0.152. The number of nitrogens with one attached hydrogen (secondary N) is 1. The van der Waals surface area contributed by atoms with E-state index >= 15 is 0 Å². The summed E-state index contributed by atoms with van der Waals surface area (Å²) in [4.78, 5) is 0. The summed E-state index contributed by atoms with van der Waals surface area (Å²) in [6.45, 7) is 3.99. The van der Waals surface area contributed by atoms with E-state index in [2.05, 4.69) is 16.6 Å². The summed E-state index contributed by atoms with van der Waals surface area (Å²) >= 11 is 0. The first-order chi connectivity index (χ1) is 9.90. The van der Waals surface area contributed by atoms with Crippen molar-refractivity contribution in [3.8, 4) is 0 Å². The Morgan fingerprint density at radius 2 is 2.05 bits per heavy atom. The molecule has 1 aromatic rings. The first kappa shape index (κ1) is 15.3. The van der Waals surface area contributed by atoms with E-state index in [4.69, 9.17) is 0 Å². The van der Waals surface area contributed by atoms with Gasteiger partial charge in [-0.3, -0.25) is 15.8 Å². The molecule has 0 bridgehead atoms. The Morgan fingerprint density at radius 1 is 1.33 bits per heavy atom. The van der Waals surface area contributed by atoms with E-state index in [0.717, 1.165) is 23.8 Å². The summed E-state index contributed by atoms with van der Waals surface area (Å²) in [7, 11) is 0. The maximum absolute atomic E-state index is 10.7. The van der Waals surface area contributed by atoms with Crippen molar-refractivity contribution in [3.05, 3.63) is 40.3 Å². The van der Waals surface area contributed by atoms with Crippen LogP contribution in [0.5, 0.6) is 0 Å². The Bertz CT molecular complexity index is 584. The van der Waals surface area contributed by atoms with Crippen LogP contribution in [0, 0.1) is 16.3 Å². The lowest BCUT2D eigenvalue weighted by Crippen LogP contribution is -2.15. The van der Waals surface area contributed by atoms with Crippen LogP contribution in [0.15, 0.2) is 34.9 Å². The van der Waals surface area contributed by atoms with Crippen LogP contribution in [0.2, 0.25) is 0 Å². The van der Waals surface area contributed by atoms with Crippen molar-refractivity contribution in [2.24, 2.45) is 11.0 Å². The highest BCUT2D eigenvalue weighted by atomic mass is 16.8. The standard InChI is InChI=1S/C13H16N4O4/c1-8-3-4-9(2)13(8)15-14-11-6-5-10(16(18)19)7-12(11)17(20)21/h3,5-7,9,14,20-21H,4H2,1-2H3/q-2. The molecule has 1 unspecified atom stereocenters. The molecule has 2 rings (SSSR count). The molecular formula is C13H16N4O4-2. The number of hydrogen-bond donors (Lipinski definition) is 3. The van der Waals surface area contributed by atoms with E-state index in [1.165, 1.54) is 12.1 Å². The number of nitrogens with zero attached hydrogens (tertiary/aromatic N) is 3. The zero-order valence-electron chi connectivity index (χ0n) is 11.6. The third-order valence-electron chi connectivity index (χ3n) is 3.35. The third-order valence-corrected chi connectivity index (χ3v) is 3.35. The first-order valence-electron chi connectivity index (χ1n) is 6.37. The van der Waals surface area contributed by atoms with E-state index in [9.17, 15) is 20.8 Å². The molecule has 0 aromatic heterocycles. The molecule has 3 N–H and O–H groups in total. The zero-order valence-corrected chi connectivity index (χ0v) is 11.6. The Morgan fingerprint density at radius 3 is 2.57 bits per heavy atom. The van der Waals surface area contributed by atoms with Gasteiger partial charge in [0.05, 0.1) is 11.4 Å². The summed E-state index contributed by atoms with van der Waals surface area (Å²) in [5, 5.41) is 43.2. The molecule has 8 nitrogen and oxygen atoms in total. The lowest BCUT2D eigenvalue weighted by atomic mass is 10.1. The maximum Gasteiger partial charge on any atom is 0.121 e. The van der Waals surface area contributed by atoms with E-state index in [-0.39, 0.29) is 28.2 Å². The summed E-state index contributed by atoms with van der Waals surface area (Å²) < 4.78 is 0. The Hall–Kier alpha value is -2.13. The van der Waals surface area contributed by atoms with E-state index < -0.39 is 5.23 Å². The number of hydrazone groups is 1. The van der Waals surface area contributed by atoms with Crippen molar-refractivity contribution < 1.29 is 10.4 Å². The lowest BCUT2D eigenvalue weighted by Gasteiger charge is -2.37. The minimum atomic E-state index is -0.616. The van der Waals surface area contributed by atoms with Crippen LogP contribution in [0.3, 0.4) is 0 Å². The molecule has 0 saturated heterocycles. The van der Waals surface area contributed by atoms with Crippen molar-refractivity contribution in [3.63, 3.8) is 0 Å². The zero-order chi connectivity index (χ0) is 15.6. The molecule has 0 radical (unpaired) electrons. The normalized spacial score (nSPS) is 19.6. The lowest BCUT2D eigenvalue weighted by molar-refractivity contribution is 0.0295. The van der Waals surface area contributed by atoms with Gasteiger partial charge in [-0.25, -0.2) is 0 Å². The molecule has 1 aliphatic rings. The van der Waals surface area contributed by atoms with Crippen LogP contribution in [0.4, 0.5) is 17.1 Å². The van der Waals surface area contributed by atoms with Crippen LogP contribution in [0.25, 0.3) is 0 Å². The molecule has 8 heteroatoms. The fourth-order valence-electron chi connectivity index (χ4n) is 2.17. The summed E-state index contributed by atoms with van der Waals surface area (Å²) in [6, 6.07) is 3.68. The molecule has 1 aliphatic carbocycles. The molecule has 0 saturated carbocycles. The van der Waals surface area contributed by atoms with Gasteiger partial charge < -0.3 is 15.6 Å². The average Bonchev–Trinajstić information content (AvgIpc) is 2.75. The predicted molar refractivity (Wildman–Crippen MR) is 80.3 cm³/mol. The van der Waals surface area contributed by atoms with Crippen molar-refractivity contribution in [2.75, 3.05) is 15.9 Å². The fourth-order valence-corrected chi connectivity index (χ4v) is 2.17. The van der Waals surface area contributed by atoms with Gasteiger partial charge in [-0.05, 0) is 37.1 Å². The van der Waals surface area contributed by atoms with Crippen molar-refractivity contribution >= 4 is 22.8 Å². The van der Waals surface area contributed by atoms with Crippen molar-refractivity contribution in [2.45, 2.75) is 20.3 Å². The molecule has 21 heavy (non-hydrogen) atoms. The molecule has 1 aromatic carbocycles. The van der Waals surface area contributed by atoms with Gasteiger partial charge in [-0.2, -0.15) is 5.10 Å². The highest BCUT2D eigenvalue weighted by molar-refractivity contribution is 6.03. The van der Waals surface area contributed by atoms with Gasteiger partial charge in [0.15, 0.2) is 0 Å². The molecule has 0 aliphatic heterocycles. The Balaban J connectivity index is 2.28. The molecular weight excluding hydrogens is 276 g/mol. The third kappa shape index (κ3) is 3.31. The second kappa shape index (κ2) is 6.10. The molecule has 0 fully saturated rings. The average molecular weight is 292 g/mol. The highest BCUT2D eigenvalue weighted by Gasteiger charge is 2.18. The van der Waals surface area contributed by atoms with Crippen LogP contribution in [0.1, 0.15) is 20.3 Å². The monoisotopic (exact) mass is 292 g/mol. The van der Waals surface area contributed by atoms with Gasteiger partial charge in [0, 0.05) is 11.6 Å². The molecule has 0 heterocycles. The van der Waals surface area contributed by atoms with Gasteiger partial charge in [-0.1, -0.05) is 13.0 Å². The number of benzene rings is 1. The predicted octanol–water partition coefficient (Wildman–Crippen LogP) is 2.83. The van der Waals surface area contributed by atoms with Gasteiger partial charge in [0.1, 0.15) is 5.69 Å². The Kier molecular flexibility index (Phi) is 4.43. The molecule has 0 amide bonds. The summed E-state index contributed by atoms with van der Waals surface area (Å²) in [5.41, 5.74) is 4.52. The molecule has 0 spiro atoms. The maximum atomic E-state index is 10.7. The second-order valence-electron chi connectivity index (χ2n) is 4.88.